The van der Waals surface area contributed by atoms with Crippen LogP contribution in [0, 0.1) is 0 Å². The largest absolute Gasteiger partial charge is 0.310 e. The van der Waals surface area contributed by atoms with E-state index < -0.39 is 10.0 Å². The van der Waals surface area contributed by atoms with Crippen molar-refractivity contribution in [2.45, 2.75) is 26.4 Å². The molecular weight excluding hydrogens is 238 g/mol. The maximum atomic E-state index is 11.5. The summed E-state index contributed by atoms with van der Waals surface area (Å²) in [7, 11) is -1.72. The third-order valence-electron chi connectivity index (χ3n) is 2.43. The fourth-order valence-electron chi connectivity index (χ4n) is 1.34. The highest BCUT2D eigenvalue weighted by Crippen LogP contribution is 2.19. The van der Waals surface area contributed by atoms with Gasteiger partial charge in [-0.1, -0.05) is 13.8 Å². The Morgan fingerprint density at radius 1 is 1.47 bits per heavy atom. The third kappa shape index (κ3) is 3.98. The van der Waals surface area contributed by atoms with E-state index in [-0.39, 0.29) is 0 Å². The van der Waals surface area contributed by atoms with Gasteiger partial charge in [0.15, 0.2) is 0 Å². The minimum atomic E-state index is -3.25. The van der Waals surface area contributed by atoms with Crippen LogP contribution >= 0.6 is 0 Å². The molecule has 0 bridgehead atoms. The third-order valence-corrected chi connectivity index (χ3v) is 3.62. The zero-order valence-electron chi connectivity index (χ0n) is 10.6. The summed E-state index contributed by atoms with van der Waals surface area (Å²) < 4.78 is 24.2. The molecule has 0 aliphatic rings. The van der Waals surface area contributed by atoms with Crippen LogP contribution in [0.5, 0.6) is 0 Å². The molecule has 17 heavy (non-hydrogen) atoms. The number of nitrogens with zero attached hydrogens (tertiary/aromatic N) is 2. The van der Waals surface area contributed by atoms with Gasteiger partial charge in [-0.25, -0.2) is 8.42 Å². The predicted molar refractivity (Wildman–Crippen MR) is 69.5 cm³/mol. The summed E-state index contributed by atoms with van der Waals surface area (Å²) in [5.74, 6) is 0. The molecule has 0 atom stereocenters. The van der Waals surface area contributed by atoms with Crippen LogP contribution in [0.4, 0.5) is 5.69 Å². The molecule has 0 saturated carbocycles. The zero-order chi connectivity index (χ0) is 13.1. The first-order chi connectivity index (χ1) is 7.82. The van der Waals surface area contributed by atoms with Gasteiger partial charge in [0.2, 0.25) is 10.0 Å². The first-order valence-corrected chi connectivity index (χ1v) is 7.27. The Morgan fingerprint density at radius 2 is 2.12 bits per heavy atom. The van der Waals surface area contributed by atoms with Crippen molar-refractivity contribution in [3.8, 4) is 0 Å². The normalized spacial score (nSPS) is 11.8. The monoisotopic (exact) mass is 257 g/mol. The molecule has 0 spiro atoms. The predicted octanol–water partition coefficient (Wildman–Crippen LogP) is 0.975. The molecule has 1 heterocycles. The lowest BCUT2D eigenvalue weighted by molar-refractivity contribution is 0.587. The van der Waals surface area contributed by atoms with Crippen LogP contribution in [0.3, 0.4) is 0 Å². The topological polar surface area (TPSA) is 62.3 Å². The van der Waals surface area contributed by atoms with Gasteiger partial charge in [-0.05, 0) is 11.6 Å². The lowest BCUT2D eigenvalue weighted by Gasteiger charge is -2.20. The van der Waals surface area contributed by atoms with Crippen molar-refractivity contribution in [2.24, 2.45) is 0 Å². The van der Waals surface area contributed by atoms with Crippen LogP contribution in [0.2, 0.25) is 0 Å². The maximum absolute atomic E-state index is 11.5. The molecule has 1 aromatic rings. The number of rotatable bonds is 5. The molecule has 1 rings (SSSR count). The van der Waals surface area contributed by atoms with Crippen molar-refractivity contribution in [2.75, 3.05) is 17.6 Å². The summed E-state index contributed by atoms with van der Waals surface area (Å²) in [6, 6.07) is 2.17. The van der Waals surface area contributed by atoms with Gasteiger partial charge in [0.1, 0.15) is 0 Å². The Bertz CT molecular complexity index is 471. The standard InChI is InChI=1S/C11H19N3O2S/c1-9(2)13-7-10-5-6-12-8-11(10)14(3)17(4,15)16/h5-6,8-9,13H,7H2,1-4H3. The summed E-state index contributed by atoms with van der Waals surface area (Å²) in [4.78, 5) is 3.97. The average Bonchev–Trinajstić information content (AvgIpc) is 2.24. The van der Waals surface area contributed by atoms with E-state index in [1.54, 1.807) is 12.4 Å². The Balaban J connectivity index is 3.00. The minimum absolute atomic E-state index is 0.347. The number of hydrogen-bond donors (Lipinski definition) is 1. The zero-order valence-corrected chi connectivity index (χ0v) is 11.5. The van der Waals surface area contributed by atoms with E-state index in [1.807, 2.05) is 19.9 Å². The van der Waals surface area contributed by atoms with Gasteiger partial charge >= 0.3 is 0 Å². The minimum Gasteiger partial charge on any atom is -0.310 e. The van der Waals surface area contributed by atoms with E-state index in [9.17, 15) is 8.42 Å². The van der Waals surface area contributed by atoms with Crippen LogP contribution in [-0.4, -0.2) is 32.7 Å². The molecule has 5 nitrogen and oxygen atoms in total. The Hall–Kier alpha value is -1.14. The van der Waals surface area contributed by atoms with E-state index in [0.717, 1.165) is 5.56 Å². The van der Waals surface area contributed by atoms with E-state index in [1.165, 1.54) is 17.6 Å². The fourth-order valence-corrected chi connectivity index (χ4v) is 1.86. The van der Waals surface area contributed by atoms with Gasteiger partial charge in [0.25, 0.3) is 0 Å². The van der Waals surface area contributed by atoms with Crippen LogP contribution in [0.1, 0.15) is 19.4 Å². The molecule has 0 aliphatic heterocycles. The molecule has 6 heteroatoms. The average molecular weight is 257 g/mol. The Morgan fingerprint density at radius 3 is 2.65 bits per heavy atom. The molecule has 1 N–H and O–H groups in total. The van der Waals surface area contributed by atoms with Gasteiger partial charge < -0.3 is 5.32 Å². The second kappa shape index (κ2) is 5.46. The quantitative estimate of drug-likeness (QED) is 0.854. The highest BCUT2D eigenvalue weighted by atomic mass is 32.2. The van der Waals surface area contributed by atoms with Crippen molar-refractivity contribution in [1.82, 2.24) is 10.3 Å². The summed E-state index contributed by atoms with van der Waals surface area (Å²) in [5, 5.41) is 3.26. The Kier molecular flexibility index (Phi) is 4.47. The van der Waals surface area contributed by atoms with Gasteiger partial charge in [0, 0.05) is 25.8 Å². The molecule has 0 fully saturated rings. The highest BCUT2D eigenvalue weighted by molar-refractivity contribution is 7.92. The fraction of sp³-hybridized carbons (Fsp3) is 0.545. The molecule has 0 amide bonds. The molecular formula is C11H19N3O2S. The molecule has 0 unspecified atom stereocenters. The first kappa shape index (κ1) is 13.9. The van der Waals surface area contributed by atoms with Crippen molar-refractivity contribution in [1.29, 1.82) is 0 Å². The molecule has 1 aromatic heterocycles. The summed E-state index contributed by atoms with van der Waals surface area (Å²) in [5.41, 5.74) is 1.53. The number of aromatic nitrogens is 1. The van der Waals surface area contributed by atoms with Crippen molar-refractivity contribution >= 4 is 15.7 Å². The second-order valence-corrected chi connectivity index (χ2v) is 6.28. The lowest BCUT2D eigenvalue weighted by atomic mass is 10.2. The summed E-state index contributed by atoms with van der Waals surface area (Å²) >= 11 is 0. The highest BCUT2D eigenvalue weighted by Gasteiger charge is 2.15. The van der Waals surface area contributed by atoms with E-state index in [2.05, 4.69) is 10.3 Å². The van der Waals surface area contributed by atoms with Gasteiger partial charge in [-0.2, -0.15) is 0 Å². The smallest absolute Gasteiger partial charge is 0.232 e. The molecule has 0 radical (unpaired) electrons. The van der Waals surface area contributed by atoms with Gasteiger partial charge in [-0.15, -0.1) is 0 Å². The maximum Gasteiger partial charge on any atom is 0.232 e. The number of pyridine rings is 1. The van der Waals surface area contributed by atoms with E-state index in [0.29, 0.717) is 18.3 Å². The van der Waals surface area contributed by atoms with Gasteiger partial charge in [0.05, 0.1) is 18.1 Å². The van der Waals surface area contributed by atoms with E-state index in [4.69, 9.17) is 0 Å². The number of nitrogens with one attached hydrogen (secondary N) is 1. The number of anilines is 1. The van der Waals surface area contributed by atoms with Crippen LogP contribution in [-0.2, 0) is 16.6 Å². The number of hydrogen-bond acceptors (Lipinski definition) is 4. The van der Waals surface area contributed by atoms with Gasteiger partial charge in [-0.3, -0.25) is 9.29 Å². The van der Waals surface area contributed by atoms with Crippen molar-refractivity contribution < 1.29 is 8.42 Å². The number of sulfonamides is 1. The van der Waals surface area contributed by atoms with Crippen LogP contribution < -0.4 is 9.62 Å². The summed E-state index contributed by atoms with van der Waals surface area (Å²) in [6.07, 6.45) is 4.41. The first-order valence-electron chi connectivity index (χ1n) is 5.42. The molecule has 0 aliphatic carbocycles. The lowest BCUT2D eigenvalue weighted by Crippen LogP contribution is -2.28. The van der Waals surface area contributed by atoms with Crippen molar-refractivity contribution in [3.63, 3.8) is 0 Å². The Labute approximate surface area is 103 Å². The van der Waals surface area contributed by atoms with Crippen molar-refractivity contribution in [3.05, 3.63) is 24.0 Å². The molecule has 0 aromatic carbocycles. The summed E-state index contributed by atoms with van der Waals surface area (Å²) in [6.45, 7) is 4.71. The molecule has 96 valence electrons. The second-order valence-electron chi connectivity index (χ2n) is 4.27. The molecule has 0 saturated heterocycles. The van der Waals surface area contributed by atoms with E-state index >= 15 is 0 Å². The SMILES string of the molecule is CC(C)NCc1ccncc1N(C)S(C)(=O)=O. The van der Waals surface area contributed by atoms with Crippen LogP contribution in [0.25, 0.3) is 0 Å². The van der Waals surface area contributed by atoms with Crippen LogP contribution in [0.15, 0.2) is 18.5 Å².